The van der Waals surface area contributed by atoms with Crippen LogP contribution >= 0.6 is 0 Å². The number of piperidine rings is 1. The topological polar surface area (TPSA) is 70.4 Å². The molecule has 2 N–H and O–H groups in total. The van der Waals surface area contributed by atoms with Crippen molar-refractivity contribution in [3.63, 3.8) is 0 Å². The Morgan fingerprint density at radius 1 is 1.38 bits per heavy atom. The van der Waals surface area contributed by atoms with E-state index in [4.69, 9.17) is 4.99 Å². The van der Waals surface area contributed by atoms with Crippen LogP contribution in [0.2, 0.25) is 0 Å². The summed E-state index contributed by atoms with van der Waals surface area (Å²) in [4.78, 5) is 7.31. The highest BCUT2D eigenvalue weighted by Gasteiger charge is 2.16. The fourth-order valence-corrected chi connectivity index (χ4v) is 3.33. The number of guanidine groups is 1. The van der Waals surface area contributed by atoms with Gasteiger partial charge in [-0.1, -0.05) is 19.4 Å². The lowest BCUT2D eigenvalue weighted by molar-refractivity contribution is 0.160. The van der Waals surface area contributed by atoms with E-state index in [1.165, 1.54) is 25.8 Å². The lowest BCUT2D eigenvalue weighted by Gasteiger charge is -2.33. The highest BCUT2D eigenvalue weighted by molar-refractivity contribution is 5.79. The largest absolute Gasteiger partial charge is 0.355 e. The highest BCUT2D eigenvalue weighted by atomic mass is 15.3. The smallest absolute Gasteiger partial charge is 0.191 e. The molecule has 1 unspecified atom stereocenters. The fraction of sp³-hybridized carbons (Fsp3) is 0.737. The normalized spacial score (nSPS) is 18.7. The number of aromatic nitrogens is 3. The number of hydrogen-bond donors (Lipinski definition) is 2. The first-order chi connectivity index (χ1) is 12.7. The number of likely N-dealkylation sites (tertiary alicyclic amines) is 1. The minimum atomic E-state index is 0.710. The van der Waals surface area contributed by atoms with E-state index in [-0.39, 0.29) is 0 Å². The van der Waals surface area contributed by atoms with Crippen molar-refractivity contribution in [2.75, 3.05) is 32.7 Å². The molecule has 0 radical (unpaired) electrons. The third kappa shape index (κ3) is 6.78. The fourth-order valence-electron chi connectivity index (χ4n) is 3.33. The predicted molar refractivity (Wildman–Crippen MR) is 107 cm³/mol. The summed E-state index contributed by atoms with van der Waals surface area (Å²) in [7, 11) is 0. The molecule has 26 heavy (non-hydrogen) atoms. The molecule has 0 saturated carbocycles. The zero-order valence-electron chi connectivity index (χ0n) is 16.5. The van der Waals surface area contributed by atoms with Gasteiger partial charge in [0, 0.05) is 45.2 Å². The van der Waals surface area contributed by atoms with Crippen LogP contribution in [0.1, 0.15) is 45.4 Å². The summed E-state index contributed by atoms with van der Waals surface area (Å²) >= 11 is 0. The maximum Gasteiger partial charge on any atom is 0.191 e. The summed E-state index contributed by atoms with van der Waals surface area (Å²) in [5.74, 6) is 1.86. The predicted octanol–water partition coefficient (Wildman–Crippen LogP) is 1.83. The van der Waals surface area contributed by atoms with E-state index in [1.54, 1.807) is 6.33 Å². The van der Waals surface area contributed by atoms with Gasteiger partial charge in [0.25, 0.3) is 0 Å². The third-order valence-electron chi connectivity index (χ3n) is 4.88. The van der Waals surface area contributed by atoms with Crippen LogP contribution in [0, 0.1) is 0 Å². The van der Waals surface area contributed by atoms with Gasteiger partial charge < -0.3 is 20.1 Å². The van der Waals surface area contributed by atoms with E-state index in [1.807, 2.05) is 6.08 Å². The monoisotopic (exact) mass is 361 g/mol. The van der Waals surface area contributed by atoms with Crippen LogP contribution in [0.5, 0.6) is 0 Å². The Hall–Kier alpha value is -1.89. The van der Waals surface area contributed by atoms with E-state index in [0.29, 0.717) is 6.54 Å². The number of hydrogen-bond acceptors (Lipinski definition) is 4. The third-order valence-corrected chi connectivity index (χ3v) is 4.88. The van der Waals surface area contributed by atoms with Crippen LogP contribution in [-0.2, 0) is 13.0 Å². The van der Waals surface area contributed by atoms with Crippen molar-refractivity contribution in [3.05, 3.63) is 24.8 Å². The van der Waals surface area contributed by atoms with Crippen molar-refractivity contribution < 1.29 is 0 Å². The Morgan fingerprint density at radius 3 is 3.04 bits per heavy atom. The first-order valence-electron chi connectivity index (χ1n) is 9.98. The van der Waals surface area contributed by atoms with Gasteiger partial charge in [0.05, 0.1) is 0 Å². The molecule has 2 rings (SSSR count). The number of nitrogens with zero attached hydrogens (tertiary/aromatic N) is 5. The molecule has 7 nitrogen and oxygen atoms in total. The molecule has 1 aliphatic heterocycles. The molecule has 1 fully saturated rings. The van der Waals surface area contributed by atoms with Crippen LogP contribution in [0.15, 0.2) is 24.0 Å². The van der Waals surface area contributed by atoms with Gasteiger partial charge in [-0.3, -0.25) is 4.99 Å². The summed E-state index contributed by atoms with van der Waals surface area (Å²) in [6.07, 6.45) is 9.67. The second-order valence-electron chi connectivity index (χ2n) is 6.86. The van der Waals surface area contributed by atoms with Gasteiger partial charge in [-0.05, 0) is 32.7 Å². The standard InChI is InChI=1S/C19H35N7/c1-4-10-20-19(22-12-15-26-16-23-24-18(26)5-2)21-11-8-14-25-13-7-6-9-17(25)3/h4,16-17H,1,5-15H2,2-3H3,(H2,20,21,22). The van der Waals surface area contributed by atoms with Gasteiger partial charge >= 0.3 is 0 Å². The minimum absolute atomic E-state index is 0.710. The summed E-state index contributed by atoms with van der Waals surface area (Å²) in [5, 5.41) is 14.8. The molecule has 1 aliphatic rings. The second-order valence-corrected chi connectivity index (χ2v) is 6.86. The van der Waals surface area contributed by atoms with Crippen LogP contribution < -0.4 is 10.6 Å². The highest BCUT2D eigenvalue weighted by Crippen LogP contribution is 2.16. The molecule has 2 heterocycles. The van der Waals surface area contributed by atoms with Crippen LogP contribution in [0.4, 0.5) is 0 Å². The first kappa shape index (κ1) is 20.4. The molecule has 1 aromatic heterocycles. The van der Waals surface area contributed by atoms with Crippen molar-refractivity contribution >= 4 is 5.96 Å². The molecule has 0 amide bonds. The van der Waals surface area contributed by atoms with Crippen molar-refractivity contribution in [1.29, 1.82) is 0 Å². The zero-order valence-corrected chi connectivity index (χ0v) is 16.5. The molecule has 1 aromatic rings. The number of aryl methyl sites for hydroxylation is 1. The Morgan fingerprint density at radius 2 is 2.27 bits per heavy atom. The molecular weight excluding hydrogens is 326 g/mol. The Bertz CT molecular complexity index is 552. The van der Waals surface area contributed by atoms with Crippen LogP contribution in [0.25, 0.3) is 0 Å². The van der Waals surface area contributed by atoms with Gasteiger partial charge in [0.15, 0.2) is 5.96 Å². The quantitative estimate of drug-likeness (QED) is 0.288. The van der Waals surface area contributed by atoms with Gasteiger partial charge in [-0.2, -0.15) is 0 Å². The van der Waals surface area contributed by atoms with Crippen molar-refractivity contribution in [2.45, 2.75) is 58.5 Å². The molecule has 7 heteroatoms. The zero-order chi connectivity index (χ0) is 18.6. The summed E-state index contributed by atoms with van der Waals surface area (Å²) in [5.41, 5.74) is 0. The van der Waals surface area contributed by atoms with E-state index in [0.717, 1.165) is 56.8 Å². The minimum Gasteiger partial charge on any atom is -0.355 e. The molecule has 0 aliphatic carbocycles. The Kier molecular flexibility index (Phi) is 9.17. The molecule has 1 saturated heterocycles. The van der Waals surface area contributed by atoms with Gasteiger partial charge in [-0.25, -0.2) is 0 Å². The summed E-state index contributed by atoms with van der Waals surface area (Å²) in [6, 6.07) is 0.723. The summed E-state index contributed by atoms with van der Waals surface area (Å²) in [6.45, 7) is 13.7. The SMILES string of the molecule is C=CCNC(=NCCCN1CCCCC1C)NCCn1cnnc1CC. The van der Waals surface area contributed by atoms with Gasteiger partial charge in [-0.15, -0.1) is 16.8 Å². The Labute approximate surface area is 158 Å². The summed E-state index contributed by atoms with van der Waals surface area (Å²) < 4.78 is 2.08. The number of nitrogens with one attached hydrogen (secondary N) is 2. The maximum atomic E-state index is 4.71. The van der Waals surface area contributed by atoms with Crippen LogP contribution in [-0.4, -0.2) is 64.4 Å². The molecular formula is C19H35N7. The second kappa shape index (κ2) is 11.7. The first-order valence-corrected chi connectivity index (χ1v) is 9.98. The Balaban J connectivity index is 1.74. The maximum absolute atomic E-state index is 4.71. The van der Waals surface area contributed by atoms with Gasteiger partial charge in [0.2, 0.25) is 0 Å². The van der Waals surface area contributed by atoms with Crippen molar-refractivity contribution in [2.24, 2.45) is 4.99 Å². The van der Waals surface area contributed by atoms with E-state index in [9.17, 15) is 0 Å². The molecule has 1 atom stereocenters. The number of aliphatic imine (C=N–C) groups is 1. The molecule has 146 valence electrons. The molecule has 0 bridgehead atoms. The average Bonchev–Trinajstić information content (AvgIpc) is 3.11. The van der Waals surface area contributed by atoms with Crippen LogP contribution in [0.3, 0.4) is 0 Å². The van der Waals surface area contributed by atoms with Crippen molar-refractivity contribution in [1.82, 2.24) is 30.3 Å². The lowest BCUT2D eigenvalue weighted by atomic mass is 10.0. The van der Waals surface area contributed by atoms with E-state index >= 15 is 0 Å². The molecule has 0 spiro atoms. The number of rotatable bonds is 10. The average molecular weight is 362 g/mol. The lowest BCUT2D eigenvalue weighted by Crippen LogP contribution is -2.40. The van der Waals surface area contributed by atoms with E-state index in [2.05, 4.69) is 50.7 Å². The molecule has 0 aromatic carbocycles. The van der Waals surface area contributed by atoms with Crippen molar-refractivity contribution in [3.8, 4) is 0 Å². The van der Waals surface area contributed by atoms with E-state index < -0.39 is 0 Å². The van der Waals surface area contributed by atoms with Gasteiger partial charge in [0.1, 0.15) is 12.2 Å².